The molecule has 1 rings (SSSR count). The number of hydrazone groups is 1. The molecule has 0 fully saturated rings. The summed E-state index contributed by atoms with van der Waals surface area (Å²) in [4.78, 5) is 11.1. The van der Waals surface area contributed by atoms with Crippen LogP contribution in [-0.4, -0.2) is 24.6 Å². The van der Waals surface area contributed by atoms with Crippen LogP contribution in [0.1, 0.15) is 11.1 Å². The minimum Gasteiger partial charge on any atom is -0.466 e. The van der Waals surface area contributed by atoms with Gasteiger partial charge in [-0.1, -0.05) is 6.07 Å². The topological polar surface area (TPSA) is 124 Å². The SMILES string of the molecule is COC(=O)C=Cc1ccc(C(F)(F)F)cc1N/N=C(\C#N)C(=N)N. The molecule has 0 aliphatic rings. The number of amidine groups is 1. The van der Waals surface area contributed by atoms with Gasteiger partial charge in [0.1, 0.15) is 6.07 Å². The zero-order valence-electron chi connectivity index (χ0n) is 12.3. The van der Waals surface area contributed by atoms with Gasteiger partial charge in [0.05, 0.1) is 18.4 Å². The van der Waals surface area contributed by atoms with Crippen LogP contribution >= 0.6 is 0 Å². The molecule has 0 atom stereocenters. The van der Waals surface area contributed by atoms with Crippen molar-refractivity contribution < 1.29 is 22.7 Å². The molecule has 24 heavy (non-hydrogen) atoms. The number of alkyl halides is 3. The fraction of sp³-hybridized carbons (Fsp3) is 0.143. The van der Waals surface area contributed by atoms with Crippen molar-refractivity contribution in [3.8, 4) is 6.07 Å². The third-order valence-electron chi connectivity index (χ3n) is 2.63. The Balaban J connectivity index is 3.30. The monoisotopic (exact) mass is 339 g/mol. The highest BCUT2D eigenvalue weighted by atomic mass is 19.4. The van der Waals surface area contributed by atoms with Crippen molar-refractivity contribution in [2.24, 2.45) is 10.8 Å². The first-order valence-corrected chi connectivity index (χ1v) is 6.24. The highest BCUT2D eigenvalue weighted by Crippen LogP contribution is 2.32. The molecule has 126 valence electrons. The fourth-order valence-electron chi connectivity index (χ4n) is 1.46. The van der Waals surface area contributed by atoms with Crippen molar-refractivity contribution in [3.05, 3.63) is 35.4 Å². The molecule has 0 aliphatic heterocycles. The van der Waals surface area contributed by atoms with Crippen LogP contribution < -0.4 is 11.2 Å². The molecule has 4 N–H and O–H groups in total. The second kappa shape index (κ2) is 7.77. The Bertz CT molecular complexity index is 748. The number of nitrogens with one attached hydrogen (secondary N) is 2. The molecule has 10 heteroatoms. The van der Waals surface area contributed by atoms with Gasteiger partial charge in [-0.05, 0) is 23.8 Å². The van der Waals surface area contributed by atoms with E-state index in [-0.39, 0.29) is 11.3 Å². The Morgan fingerprint density at radius 2 is 2.17 bits per heavy atom. The Labute approximate surface area is 134 Å². The van der Waals surface area contributed by atoms with Gasteiger partial charge in [-0.25, -0.2) is 4.79 Å². The lowest BCUT2D eigenvalue weighted by molar-refractivity contribution is -0.137. The molecular formula is C14H12F3N5O2. The van der Waals surface area contributed by atoms with Gasteiger partial charge in [0.15, 0.2) is 5.84 Å². The van der Waals surface area contributed by atoms with E-state index >= 15 is 0 Å². The molecule has 0 aromatic heterocycles. The van der Waals surface area contributed by atoms with Crippen LogP contribution in [0.25, 0.3) is 6.08 Å². The normalized spacial score (nSPS) is 11.9. The van der Waals surface area contributed by atoms with Crippen LogP contribution in [0.15, 0.2) is 29.4 Å². The number of ether oxygens (including phenoxy) is 1. The number of nitrogens with zero attached hydrogens (tertiary/aromatic N) is 2. The summed E-state index contributed by atoms with van der Waals surface area (Å²) < 4.78 is 42.8. The quantitative estimate of drug-likeness (QED) is 0.249. The zero-order valence-corrected chi connectivity index (χ0v) is 12.3. The van der Waals surface area contributed by atoms with Crippen molar-refractivity contribution in [3.63, 3.8) is 0 Å². The van der Waals surface area contributed by atoms with Gasteiger partial charge in [-0.3, -0.25) is 10.8 Å². The van der Waals surface area contributed by atoms with Gasteiger partial charge in [-0.15, -0.1) is 0 Å². The first-order valence-electron chi connectivity index (χ1n) is 6.24. The van der Waals surface area contributed by atoms with Gasteiger partial charge < -0.3 is 10.5 Å². The lowest BCUT2D eigenvalue weighted by atomic mass is 10.1. The highest BCUT2D eigenvalue weighted by Gasteiger charge is 2.30. The van der Waals surface area contributed by atoms with Gasteiger partial charge in [0.25, 0.3) is 0 Å². The minimum atomic E-state index is -4.59. The molecule has 0 radical (unpaired) electrons. The Morgan fingerprint density at radius 3 is 2.67 bits per heavy atom. The summed E-state index contributed by atoms with van der Waals surface area (Å²) in [5.74, 6) is -1.35. The molecule has 0 amide bonds. The Hall–Kier alpha value is -3.35. The lowest BCUT2D eigenvalue weighted by Gasteiger charge is -2.11. The summed E-state index contributed by atoms with van der Waals surface area (Å²) in [7, 11) is 1.15. The van der Waals surface area contributed by atoms with Gasteiger partial charge in [0.2, 0.25) is 5.71 Å². The maximum Gasteiger partial charge on any atom is 0.416 e. The Kier molecular flexibility index (Phi) is 6.06. The van der Waals surface area contributed by atoms with Crippen molar-refractivity contribution in [2.75, 3.05) is 12.5 Å². The molecule has 1 aromatic carbocycles. The van der Waals surface area contributed by atoms with Crippen LogP contribution in [0.4, 0.5) is 18.9 Å². The van der Waals surface area contributed by atoms with E-state index in [2.05, 4.69) is 15.3 Å². The molecule has 0 aliphatic carbocycles. The van der Waals surface area contributed by atoms with Crippen LogP contribution in [0.5, 0.6) is 0 Å². The van der Waals surface area contributed by atoms with E-state index in [1.54, 1.807) is 0 Å². The number of methoxy groups -OCH3 is 1. The zero-order chi connectivity index (χ0) is 18.3. The van der Waals surface area contributed by atoms with Gasteiger partial charge in [0, 0.05) is 6.08 Å². The van der Waals surface area contributed by atoms with Crippen LogP contribution in [0, 0.1) is 16.7 Å². The number of hydrogen-bond acceptors (Lipinski definition) is 6. The van der Waals surface area contributed by atoms with E-state index in [1.165, 1.54) is 12.1 Å². The number of esters is 1. The molecule has 0 unspecified atom stereocenters. The molecular weight excluding hydrogens is 327 g/mol. The number of nitriles is 1. The lowest BCUT2D eigenvalue weighted by Crippen LogP contribution is -2.22. The first-order chi connectivity index (χ1) is 11.2. The van der Waals surface area contributed by atoms with Crippen LogP contribution in [-0.2, 0) is 15.7 Å². The minimum absolute atomic E-state index is 0.140. The van der Waals surface area contributed by atoms with Crippen LogP contribution in [0.3, 0.4) is 0 Å². The predicted octanol–water partition coefficient (Wildman–Crippen LogP) is 2.12. The van der Waals surface area contributed by atoms with Crippen molar-refractivity contribution in [1.82, 2.24) is 0 Å². The van der Waals surface area contributed by atoms with E-state index in [0.29, 0.717) is 0 Å². The maximum absolute atomic E-state index is 12.8. The van der Waals surface area contributed by atoms with E-state index in [9.17, 15) is 18.0 Å². The molecule has 0 saturated heterocycles. The second-order valence-corrected chi connectivity index (χ2v) is 4.25. The molecule has 0 bridgehead atoms. The van der Waals surface area contributed by atoms with E-state index in [4.69, 9.17) is 16.4 Å². The van der Waals surface area contributed by atoms with Crippen molar-refractivity contribution in [1.29, 1.82) is 10.7 Å². The smallest absolute Gasteiger partial charge is 0.416 e. The fourth-order valence-corrected chi connectivity index (χ4v) is 1.46. The average Bonchev–Trinajstić information content (AvgIpc) is 2.52. The van der Waals surface area contributed by atoms with Gasteiger partial charge in [-0.2, -0.15) is 23.5 Å². The van der Waals surface area contributed by atoms with Crippen molar-refractivity contribution >= 4 is 29.3 Å². The summed E-state index contributed by atoms with van der Waals surface area (Å²) >= 11 is 0. The molecule has 7 nitrogen and oxygen atoms in total. The van der Waals surface area contributed by atoms with E-state index < -0.39 is 29.3 Å². The van der Waals surface area contributed by atoms with E-state index in [0.717, 1.165) is 31.4 Å². The van der Waals surface area contributed by atoms with Gasteiger partial charge >= 0.3 is 12.1 Å². The molecule has 0 saturated carbocycles. The molecule has 0 spiro atoms. The number of nitrogens with two attached hydrogens (primary N) is 1. The number of carbonyl (C=O) groups excluding carboxylic acids is 1. The standard InChI is InChI=1S/C14H12F3N5O2/c1-24-12(23)5-3-8-2-4-9(14(15,16)17)6-10(8)21-22-11(7-18)13(19)20/h2-6,21H,1H3,(H3,19,20)/b5-3?,22-11+. The number of rotatable bonds is 5. The Morgan fingerprint density at radius 1 is 1.50 bits per heavy atom. The van der Waals surface area contributed by atoms with E-state index in [1.807, 2.05) is 0 Å². The third kappa shape index (κ3) is 5.13. The summed E-state index contributed by atoms with van der Waals surface area (Å²) in [5.41, 5.74) is 5.91. The highest BCUT2D eigenvalue weighted by molar-refractivity contribution is 6.45. The number of halogens is 3. The third-order valence-corrected chi connectivity index (χ3v) is 2.63. The molecule has 1 aromatic rings. The average molecular weight is 339 g/mol. The van der Waals surface area contributed by atoms with Crippen molar-refractivity contribution in [2.45, 2.75) is 6.18 Å². The number of carbonyl (C=O) groups is 1. The first kappa shape index (κ1) is 18.7. The summed E-state index contributed by atoms with van der Waals surface area (Å²) in [6.45, 7) is 0. The van der Waals surface area contributed by atoms with Crippen LogP contribution in [0.2, 0.25) is 0 Å². The largest absolute Gasteiger partial charge is 0.466 e. The summed E-state index contributed by atoms with van der Waals surface area (Å²) in [5, 5.41) is 19.3. The number of hydrogen-bond donors (Lipinski definition) is 3. The second-order valence-electron chi connectivity index (χ2n) is 4.25. The summed E-state index contributed by atoms with van der Waals surface area (Å²) in [6.07, 6.45) is -2.37. The summed E-state index contributed by atoms with van der Waals surface area (Å²) in [6, 6.07) is 4.20. The molecule has 0 heterocycles. The number of anilines is 1. The predicted molar refractivity (Wildman–Crippen MR) is 81.1 cm³/mol. The number of benzene rings is 1. The maximum atomic E-state index is 12.8.